The van der Waals surface area contributed by atoms with Crippen molar-refractivity contribution in [2.24, 2.45) is 11.1 Å². The second-order valence-electron chi connectivity index (χ2n) is 7.31. The minimum Gasteiger partial charge on any atom is -0.371 e. The molecule has 2 aromatic carbocycles. The number of aromatic nitrogens is 1. The number of nitrogens with zero attached hydrogens (tertiary/aromatic N) is 2. The molecule has 1 aliphatic rings. The highest BCUT2D eigenvalue weighted by molar-refractivity contribution is 7.89. The van der Waals surface area contributed by atoms with Crippen LogP contribution >= 0.6 is 0 Å². The lowest BCUT2D eigenvalue weighted by molar-refractivity contribution is -0.120. The van der Waals surface area contributed by atoms with Crippen LogP contribution in [0.2, 0.25) is 0 Å². The summed E-state index contributed by atoms with van der Waals surface area (Å²) in [5.41, 5.74) is 2.12. The second kappa shape index (κ2) is 8.00. The van der Waals surface area contributed by atoms with Crippen LogP contribution in [0.25, 0.3) is 10.9 Å². The van der Waals surface area contributed by atoms with E-state index in [1.807, 2.05) is 6.07 Å². The first kappa shape index (κ1) is 20.2. The maximum atomic E-state index is 13.5. The van der Waals surface area contributed by atoms with Gasteiger partial charge in [0, 0.05) is 48.0 Å². The molecule has 0 spiro atoms. The quantitative estimate of drug-likeness (QED) is 0.665. The molecule has 3 N–H and O–H groups in total. The molecule has 9 heteroatoms. The molecule has 0 unspecified atom stereocenters. The van der Waals surface area contributed by atoms with E-state index >= 15 is 0 Å². The van der Waals surface area contributed by atoms with Gasteiger partial charge < -0.3 is 10.2 Å². The number of carbonyl (C=O) groups is 1. The molecule has 4 rings (SSSR count). The van der Waals surface area contributed by atoms with Crippen LogP contribution in [0.5, 0.6) is 0 Å². The largest absolute Gasteiger partial charge is 0.371 e. The maximum absolute atomic E-state index is 13.5. The number of rotatable bonds is 4. The summed E-state index contributed by atoms with van der Waals surface area (Å²) in [6, 6.07) is 12.3. The molecular formula is C21H21FN4O3S. The third-order valence-corrected chi connectivity index (χ3v) is 6.27. The van der Waals surface area contributed by atoms with Crippen LogP contribution < -0.4 is 15.4 Å². The molecule has 2 heterocycles. The summed E-state index contributed by atoms with van der Waals surface area (Å²) >= 11 is 0. The first-order chi connectivity index (χ1) is 14.3. The molecule has 7 nitrogen and oxygen atoms in total. The van der Waals surface area contributed by atoms with Crippen molar-refractivity contribution in [3.05, 3.63) is 60.5 Å². The first-order valence-corrected chi connectivity index (χ1v) is 11.1. The highest BCUT2D eigenvalue weighted by atomic mass is 32.2. The second-order valence-corrected chi connectivity index (χ2v) is 8.87. The van der Waals surface area contributed by atoms with E-state index < -0.39 is 10.0 Å². The van der Waals surface area contributed by atoms with Crippen molar-refractivity contribution in [3.8, 4) is 0 Å². The summed E-state index contributed by atoms with van der Waals surface area (Å²) in [4.78, 5) is 19.0. The van der Waals surface area contributed by atoms with Crippen LogP contribution in [-0.4, -0.2) is 32.4 Å². The number of anilines is 2. The predicted octanol–water partition coefficient (Wildman–Crippen LogP) is 2.88. The summed E-state index contributed by atoms with van der Waals surface area (Å²) in [6.45, 7) is 1.39. The molecule has 0 bridgehead atoms. The lowest BCUT2D eigenvalue weighted by atomic mass is 9.95. The molecule has 0 atom stereocenters. The fourth-order valence-corrected chi connectivity index (χ4v) is 4.25. The van der Waals surface area contributed by atoms with E-state index in [1.165, 1.54) is 36.4 Å². The lowest BCUT2D eigenvalue weighted by Crippen LogP contribution is -2.38. The highest BCUT2D eigenvalue weighted by Gasteiger charge is 2.26. The van der Waals surface area contributed by atoms with Crippen molar-refractivity contribution in [3.63, 3.8) is 0 Å². The molecule has 3 aromatic rings. The first-order valence-electron chi connectivity index (χ1n) is 9.54. The molecule has 0 saturated carbocycles. The van der Waals surface area contributed by atoms with E-state index in [4.69, 9.17) is 5.14 Å². The number of hydrogen-bond donors (Lipinski definition) is 2. The molecule has 1 aliphatic heterocycles. The van der Waals surface area contributed by atoms with Gasteiger partial charge in [-0.3, -0.25) is 9.78 Å². The van der Waals surface area contributed by atoms with Gasteiger partial charge in [0.15, 0.2) is 0 Å². The number of nitrogens with one attached hydrogen (secondary N) is 1. The Morgan fingerprint density at radius 1 is 1.10 bits per heavy atom. The molecule has 0 radical (unpaired) electrons. The Hall–Kier alpha value is -3.04. The minimum absolute atomic E-state index is 0.00161. The van der Waals surface area contributed by atoms with E-state index in [2.05, 4.69) is 15.2 Å². The number of fused-ring (bicyclic) bond motifs is 1. The fourth-order valence-electron chi connectivity index (χ4n) is 3.74. The molecular weight excluding hydrogens is 407 g/mol. The molecule has 30 heavy (non-hydrogen) atoms. The van der Waals surface area contributed by atoms with Crippen LogP contribution in [-0.2, 0) is 14.8 Å². The van der Waals surface area contributed by atoms with E-state index in [1.54, 1.807) is 12.3 Å². The number of nitrogens with two attached hydrogens (primary N) is 1. The molecule has 1 amide bonds. The number of amides is 1. The van der Waals surface area contributed by atoms with Crippen molar-refractivity contribution >= 4 is 38.2 Å². The van der Waals surface area contributed by atoms with Gasteiger partial charge >= 0.3 is 0 Å². The number of sulfonamides is 1. The van der Waals surface area contributed by atoms with Crippen LogP contribution in [0.15, 0.2) is 59.6 Å². The Morgan fingerprint density at radius 3 is 2.47 bits per heavy atom. The maximum Gasteiger partial charge on any atom is 0.238 e. The molecule has 1 fully saturated rings. The Kier molecular flexibility index (Phi) is 5.40. The average Bonchev–Trinajstić information content (AvgIpc) is 2.73. The monoisotopic (exact) mass is 428 g/mol. The highest BCUT2D eigenvalue weighted by Crippen LogP contribution is 2.30. The summed E-state index contributed by atoms with van der Waals surface area (Å²) < 4.78 is 36.1. The van der Waals surface area contributed by atoms with Gasteiger partial charge in [-0.2, -0.15) is 0 Å². The van der Waals surface area contributed by atoms with Crippen LogP contribution in [0, 0.1) is 11.7 Å². The van der Waals surface area contributed by atoms with E-state index in [0.717, 1.165) is 11.1 Å². The third-order valence-electron chi connectivity index (χ3n) is 5.34. The van der Waals surface area contributed by atoms with Crippen molar-refractivity contribution in [2.45, 2.75) is 17.7 Å². The van der Waals surface area contributed by atoms with Crippen LogP contribution in [0.4, 0.5) is 15.8 Å². The van der Waals surface area contributed by atoms with Crippen LogP contribution in [0.1, 0.15) is 12.8 Å². The van der Waals surface area contributed by atoms with Crippen LogP contribution in [0.3, 0.4) is 0 Å². The summed E-state index contributed by atoms with van der Waals surface area (Å²) in [7, 11) is -3.76. The van der Waals surface area contributed by atoms with Gasteiger partial charge in [0.25, 0.3) is 0 Å². The van der Waals surface area contributed by atoms with E-state index in [-0.39, 0.29) is 22.5 Å². The Labute approximate surface area is 173 Å². The number of halogens is 1. The normalized spacial score (nSPS) is 15.3. The number of primary sulfonamides is 1. The molecule has 0 aliphatic carbocycles. The SMILES string of the molecule is NS(=O)(=O)c1ccc(NC(=O)C2CCN(c3ccnc4cc(F)ccc34)CC2)cc1. The smallest absolute Gasteiger partial charge is 0.238 e. The minimum atomic E-state index is -3.76. The van der Waals surface area contributed by atoms with Gasteiger partial charge in [-0.25, -0.2) is 17.9 Å². The summed E-state index contributed by atoms with van der Waals surface area (Å²) in [5, 5.41) is 8.81. The van der Waals surface area contributed by atoms with Gasteiger partial charge in [0.2, 0.25) is 15.9 Å². The Bertz CT molecular complexity index is 1190. The van der Waals surface area contributed by atoms with Crippen molar-refractivity contribution in [1.29, 1.82) is 0 Å². The average molecular weight is 428 g/mol. The number of carbonyl (C=O) groups excluding carboxylic acids is 1. The zero-order valence-electron chi connectivity index (χ0n) is 16.1. The number of benzene rings is 2. The summed E-state index contributed by atoms with van der Waals surface area (Å²) in [6.07, 6.45) is 3.01. The predicted molar refractivity (Wildman–Crippen MR) is 113 cm³/mol. The fraction of sp³-hybridized carbons (Fsp3) is 0.238. The van der Waals surface area contributed by atoms with Crippen molar-refractivity contribution in [1.82, 2.24) is 4.98 Å². The number of piperidine rings is 1. The lowest BCUT2D eigenvalue weighted by Gasteiger charge is -2.33. The van der Waals surface area contributed by atoms with Crippen molar-refractivity contribution < 1.29 is 17.6 Å². The third kappa shape index (κ3) is 4.27. The number of hydrogen-bond acceptors (Lipinski definition) is 5. The van der Waals surface area contributed by atoms with E-state index in [0.29, 0.717) is 37.1 Å². The molecule has 1 aromatic heterocycles. The van der Waals surface area contributed by atoms with Crippen molar-refractivity contribution in [2.75, 3.05) is 23.3 Å². The van der Waals surface area contributed by atoms with Gasteiger partial charge in [-0.1, -0.05) is 0 Å². The number of pyridine rings is 1. The molecule has 156 valence electrons. The Balaban J connectivity index is 1.40. The van der Waals surface area contributed by atoms with Gasteiger partial charge in [-0.15, -0.1) is 0 Å². The van der Waals surface area contributed by atoms with E-state index in [9.17, 15) is 17.6 Å². The van der Waals surface area contributed by atoms with Gasteiger partial charge in [-0.05, 0) is 55.3 Å². The summed E-state index contributed by atoms with van der Waals surface area (Å²) in [5.74, 6) is -0.566. The molecule has 1 saturated heterocycles. The zero-order valence-corrected chi connectivity index (χ0v) is 16.9. The van der Waals surface area contributed by atoms with Gasteiger partial charge in [0.1, 0.15) is 5.82 Å². The van der Waals surface area contributed by atoms with Gasteiger partial charge in [0.05, 0.1) is 10.4 Å². The Morgan fingerprint density at radius 2 is 1.80 bits per heavy atom. The topological polar surface area (TPSA) is 105 Å². The standard InChI is InChI=1S/C21H21FN4O3S/c22-15-1-6-18-19(13-15)24-10-7-20(18)26-11-8-14(9-12-26)21(27)25-16-2-4-17(5-3-16)30(23,28)29/h1-7,10,13-14H,8-9,11-12H2,(H,25,27)(H2,23,28,29). The zero-order chi connectivity index (χ0) is 21.3.